The molecule has 218 valence electrons. The van der Waals surface area contributed by atoms with Crippen LogP contribution >= 0.6 is 23.2 Å². The molecule has 0 saturated carbocycles. The van der Waals surface area contributed by atoms with Crippen LogP contribution in [-0.2, 0) is 19.2 Å². The van der Waals surface area contributed by atoms with Gasteiger partial charge in [0.05, 0.1) is 39.2 Å². The first-order chi connectivity index (χ1) is 21.3. The molecule has 3 aliphatic carbocycles. The summed E-state index contributed by atoms with van der Waals surface area (Å²) in [4.78, 5) is 56.4. The highest BCUT2D eigenvalue weighted by molar-refractivity contribution is 6.44. The van der Waals surface area contributed by atoms with Crippen LogP contribution in [0.15, 0.2) is 91.0 Å². The van der Waals surface area contributed by atoms with E-state index in [9.17, 15) is 19.2 Å². The number of carbonyl (C=O) groups excluding carboxylic acids is 4. The van der Waals surface area contributed by atoms with Crippen LogP contribution in [0.2, 0.25) is 10.0 Å². The van der Waals surface area contributed by atoms with Gasteiger partial charge in [-0.1, -0.05) is 77.8 Å². The van der Waals surface area contributed by atoms with Crippen LogP contribution in [0, 0.1) is 17.8 Å². The van der Waals surface area contributed by atoms with Crippen LogP contribution in [0.1, 0.15) is 40.5 Å². The minimum atomic E-state index is -0.694. The molecule has 2 fully saturated rings. The highest BCUT2D eigenvalue weighted by Gasteiger charge is 2.61. The van der Waals surface area contributed by atoms with Gasteiger partial charge in [-0.25, -0.2) is 4.90 Å². The van der Waals surface area contributed by atoms with Gasteiger partial charge in [-0.2, -0.15) is 0 Å². The molecule has 44 heavy (non-hydrogen) atoms. The van der Waals surface area contributed by atoms with E-state index in [1.165, 1.54) is 9.80 Å². The molecular formula is C35H24Cl2N2O5. The molecule has 0 N–H and O–H groups in total. The van der Waals surface area contributed by atoms with Gasteiger partial charge in [-0.05, 0) is 58.7 Å². The topological polar surface area (TPSA) is 84.0 Å². The molecule has 5 aliphatic rings. The number of esters is 1. The smallest absolute Gasteiger partial charge is 0.316 e. The van der Waals surface area contributed by atoms with E-state index in [0.717, 1.165) is 22.3 Å². The number of anilines is 2. The van der Waals surface area contributed by atoms with E-state index in [0.29, 0.717) is 16.4 Å². The van der Waals surface area contributed by atoms with Crippen molar-refractivity contribution in [3.8, 4) is 5.75 Å². The fourth-order valence-electron chi connectivity index (χ4n) is 7.59. The van der Waals surface area contributed by atoms with E-state index in [4.69, 9.17) is 27.9 Å². The van der Waals surface area contributed by atoms with Crippen molar-refractivity contribution in [2.75, 3.05) is 16.3 Å². The van der Waals surface area contributed by atoms with Crippen molar-refractivity contribution in [2.24, 2.45) is 17.8 Å². The lowest BCUT2D eigenvalue weighted by molar-refractivity contribution is -0.139. The number of rotatable bonds is 4. The van der Waals surface area contributed by atoms with Crippen molar-refractivity contribution in [1.29, 1.82) is 0 Å². The SMILES string of the molecule is O=C(Oc1ccc(N2C(=O)[C@@H]3C4c5ccccc5C(c5ccccc54)[C@@H]3C2=O)cc1)[C@H]1CC(=O)N(c2cccc(Cl)c2Cl)C1. The molecule has 4 aromatic rings. The number of carbonyl (C=O) groups is 4. The average molecular weight is 623 g/mol. The summed E-state index contributed by atoms with van der Waals surface area (Å²) in [5, 5.41) is 0.567. The summed E-state index contributed by atoms with van der Waals surface area (Å²) in [6, 6.07) is 27.6. The van der Waals surface area contributed by atoms with Crippen molar-refractivity contribution in [2.45, 2.75) is 18.3 Å². The summed E-state index contributed by atoms with van der Waals surface area (Å²) in [5.74, 6) is -3.01. The zero-order valence-corrected chi connectivity index (χ0v) is 24.7. The van der Waals surface area contributed by atoms with Crippen molar-refractivity contribution in [3.05, 3.63) is 123 Å². The van der Waals surface area contributed by atoms with Gasteiger partial charge in [0.2, 0.25) is 17.7 Å². The molecule has 2 heterocycles. The number of imide groups is 1. The van der Waals surface area contributed by atoms with Gasteiger partial charge in [0, 0.05) is 24.8 Å². The van der Waals surface area contributed by atoms with Crippen LogP contribution in [-0.4, -0.2) is 30.2 Å². The van der Waals surface area contributed by atoms with Crippen LogP contribution in [0.25, 0.3) is 0 Å². The number of nitrogens with zero attached hydrogens (tertiary/aromatic N) is 2. The highest BCUT2D eigenvalue weighted by Crippen LogP contribution is 2.61. The van der Waals surface area contributed by atoms with Crippen LogP contribution < -0.4 is 14.5 Å². The Labute approximate surface area is 262 Å². The quantitative estimate of drug-likeness (QED) is 0.150. The molecule has 7 nitrogen and oxygen atoms in total. The molecule has 9 rings (SSSR count). The Kier molecular flexibility index (Phi) is 6.19. The lowest BCUT2D eigenvalue weighted by atomic mass is 9.55. The Balaban J connectivity index is 1.02. The molecule has 3 amide bonds. The molecule has 2 aliphatic heterocycles. The van der Waals surface area contributed by atoms with Crippen LogP contribution in [0.3, 0.4) is 0 Å². The van der Waals surface area contributed by atoms with Gasteiger partial charge in [-0.15, -0.1) is 0 Å². The minimum absolute atomic E-state index is 0.0214. The van der Waals surface area contributed by atoms with Gasteiger partial charge < -0.3 is 9.64 Å². The first-order valence-electron chi connectivity index (χ1n) is 14.4. The van der Waals surface area contributed by atoms with Crippen molar-refractivity contribution >= 4 is 58.3 Å². The fraction of sp³-hybridized carbons (Fsp3) is 0.200. The van der Waals surface area contributed by atoms with Crippen molar-refractivity contribution in [3.63, 3.8) is 0 Å². The number of halogens is 2. The van der Waals surface area contributed by atoms with Gasteiger partial charge in [0.15, 0.2) is 0 Å². The molecule has 4 aromatic carbocycles. The maximum absolute atomic E-state index is 14.0. The number of ether oxygens (including phenoxy) is 1. The summed E-state index contributed by atoms with van der Waals surface area (Å²) < 4.78 is 5.61. The van der Waals surface area contributed by atoms with E-state index < -0.39 is 23.7 Å². The van der Waals surface area contributed by atoms with E-state index in [-0.39, 0.29) is 53.3 Å². The molecule has 9 heteroatoms. The molecule has 0 unspecified atom stereocenters. The first kappa shape index (κ1) is 27.1. The van der Waals surface area contributed by atoms with E-state index in [1.807, 2.05) is 24.3 Å². The molecule has 2 bridgehead atoms. The zero-order valence-electron chi connectivity index (χ0n) is 23.2. The second-order valence-corrected chi connectivity index (χ2v) is 12.5. The van der Waals surface area contributed by atoms with Gasteiger partial charge in [-0.3, -0.25) is 19.2 Å². The second kappa shape index (κ2) is 10.0. The van der Waals surface area contributed by atoms with Crippen molar-refractivity contribution in [1.82, 2.24) is 0 Å². The highest BCUT2D eigenvalue weighted by atomic mass is 35.5. The Bertz CT molecular complexity index is 1790. The number of benzene rings is 4. The molecule has 0 spiro atoms. The normalized spacial score (nSPS) is 24.8. The third kappa shape index (κ3) is 3.89. The number of hydrogen-bond donors (Lipinski definition) is 0. The largest absolute Gasteiger partial charge is 0.426 e. The Morgan fingerprint density at radius 2 is 1.25 bits per heavy atom. The lowest BCUT2D eigenvalue weighted by Crippen LogP contribution is -2.41. The lowest BCUT2D eigenvalue weighted by Gasteiger charge is -2.45. The van der Waals surface area contributed by atoms with E-state index in [1.54, 1.807) is 42.5 Å². The Morgan fingerprint density at radius 3 is 1.80 bits per heavy atom. The molecule has 0 radical (unpaired) electrons. The summed E-state index contributed by atoms with van der Waals surface area (Å²) in [6.07, 6.45) is -0.0214. The number of hydrogen-bond acceptors (Lipinski definition) is 5. The standard InChI is InChI=1S/C35H24Cl2N2O5/c36-25-10-5-11-26(32(25)37)38-17-18(16-27(38)40)35(43)44-20-14-12-19(13-15-20)39-33(41)30-28-21-6-1-2-7-22(21)29(31(30)34(39)42)24-9-4-3-8-23(24)28/h1-15,18,28-31H,16-17H2/t18-,28?,29?,30-,31+/m0/s1. The van der Waals surface area contributed by atoms with Gasteiger partial charge in [0.1, 0.15) is 5.75 Å². The van der Waals surface area contributed by atoms with E-state index >= 15 is 0 Å². The Hall–Kier alpha value is -4.46. The van der Waals surface area contributed by atoms with Crippen molar-refractivity contribution < 1.29 is 23.9 Å². The number of amides is 3. The fourth-order valence-corrected chi connectivity index (χ4v) is 7.99. The predicted molar refractivity (Wildman–Crippen MR) is 165 cm³/mol. The maximum Gasteiger partial charge on any atom is 0.316 e. The summed E-state index contributed by atoms with van der Waals surface area (Å²) >= 11 is 12.4. The second-order valence-electron chi connectivity index (χ2n) is 11.7. The first-order valence-corrected chi connectivity index (χ1v) is 15.2. The zero-order chi connectivity index (χ0) is 30.3. The summed E-state index contributed by atoms with van der Waals surface area (Å²) in [5.41, 5.74) is 5.34. The predicted octanol–water partition coefficient (Wildman–Crippen LogP) is 6.35. The molecule has 2 saturated heterocycles. The third-order valence-electron chi connectivity index (χ3n) is 9.44. The monoisotopic (exact) mass is 622 g/mol. The van der Waals surface area contributed by atoms with E-state index in [2.05, 4.69) is 24.3 Å². The summed E-state index contributed by atoms with van der Waals surface area (Å²) in [7, 11) is 0. The van der Waals surface area contributed by atoms with Crippen LogP contribution in [0.5, 0.6) is 5.75 Å². The van der Waals surface area contributed by atoms with Gasteiger partial charge >= 0.3 is 5.97 Å². The van der Waals surface area contributed by atoms with Crippen LogP contribution in [0.4, 0.5) is 11.4 Å². The van der Waals surface area contributed by atoms with Gasteiger partial charge in [0.25, 0.3) is 0 Å². The maximum atomic E-state index is 14.0. The Morgan fingerprint density at radius 1 is 0.705 bits per heavy atom. The average Bonchev–Trinajstić information content (AvgIpc) is 3.55. The molecule has 0 aromatic heterocycles. The molecular weight excluding hydrogens is 599 g/mol. The summed E-state index contributed by atoms with van der Waals surface area (Å²) in [6.45, 7) is 0.114. The third-order valence-corrected chi connectivity index (χ3v) is 10.3. The molecule has 3 atom stereocenters. The minimum Gasteiger partial charge on any atom is -0.426 e.